The molecule has 0 spiro atoms. The van der Waals surface area contributed by atoms with Crippen LogP contribution in [-0.4, -0.2) is 4.98 Å². The van der Waals surface area contributed by atoms with E-state index in [1.807, 2.05) is 13.0 Å². The van der Waals surface area contributed by atoms with Gasteiger partial charge in [0.2, 0.25) is 0 Å². The lowest BCUT2D eigenvalue weighted by Gasteiger charge is -2.00. The van der Waals surface area contributed by atoms with Crippen LogP contribution in [0.2, 0.25) is 0 Å². The average molecular weight is 253 g/mol. The van der Waals surface area contributed by atoms with Crippen LogP contribution in [0.1, 0.15) is 19.0 Å². The van der Waals surface area contributed by atoms with Crippen LogP contribution in [0.3, 0.4) is 0 Å². The number of allylic oxidation sites excluding steroid dienone is 3. The zero-order valence-electron chi connectivity index (χ0n) is 8.74. The molecule has 0 unspecified atom stereocenters. The van der Waals surface area contributed by atoms with Crippen LogP contribution >= 0.6 is 23.2 Å². The lowest BCUT2D eigenvalue weighted by molar-refractivity contribution is 1.15. The van der Waals surface area contributed by atoms with Crippen molar-refractivity contribution in [3.63, 3.8) is 0 Å². The topological polar surface area (TPSA) is 36.7 Å². The van der Waals surface area contributed by atoms with E-state index >= 15 is 0 Å². The monoisotopic (exact) mass is 252 g/mol. The van der Waals surface area contributed by atoms with Crippen molar-refractivity contribution in [2.45, 2.75) is 13.3 Å². The molecule has 0 saturated heterocycles. The second-order valence-electron chi connectivity index (χ2n) is 3.02. The van der Waals surface area contributed by atoms with Gasteiger partial charge in [0.15, 0.2) is 0 Å². The Kier molecular flexibility index (Phi) is 5.04. The third-order valence-corrected chi connectivity index (χ3v) is 2.49. The van der Waals surface area contributed by atoms with E-state index in [0.717, 1.165) is 5.57 Å². The molecular weight excluding hydrogens is 243 g/mol. The molecule has 0 saturated carbocycles. The first-order valence-electron chi connectivity index (χ1n) is 4.76. The molecule has 1 rings (SSSR count). The summed E-state index contributed by atoms with van der Waals surface area (Å²) in [6.07, 6.45) is 3.97. The number of pyridine rings is 1. The summed E-state index contributed by atoms with van der Waals surface area (Å²) in [7, 11) is 0. The fraction of sp³-hybridized carbons (Fsp3) is 0.167. The van der Waals surface area contributed by atoms with Gasteiger partial charge in [-0.1, -0.05) is 36.2 Å². The van der Waals surface area contributed by atoms with E-state index < -0.39 is 0 Å². The van der Waals surface area contributed by atoms with Gasteiger partial charge < -0.3 is 0 Å². The molecule has 0 aromatic carbocycles. The van der Waals surface area contributed by atoms with Crippen LogP contribution in [0.25, 0.3) is 5.57 Å². The lowest BCUT2D eigenvalue weighted by Crippen LogP contribution is -1.87. The van der Waals surface area contributed by atoms with Crippen LogP contribution in [0.4, 0.5) is 0 Å². The molecule has 0 aliphatic carbocycles. The fourth-order valence-corrected chi connectivity index (χ4v) is 1.53. The molecule has 1 heterocycles. The van der Waals surface area contributed by atoms with Gasteiger partial charge >= 0.3 is 0 Å². The predicted molar refractivity (Wildman–Crippen MR) is 66.9 cm³/mol. The fourth-order valence-electron chi connectivity index (χ4n) is 1.15. The Morgan fingerprint density at radius 1 is 1.50 bits per heavy atom. The Morgan fingerprint density at radius 2 is 2.25 bits per heavy atom. The van der Waals surface area contributed by atoms with Crippen molar-refractivity contribution in [2.24, 2.45) is 0 Å². The van der Waals surface area contributed by atoms with Gasteiger partial charge in [-0.2, -0.15) is 5.26 Å². The molecule has 1 aromatic rings. The maximum atomic E-state index is 9.04. The van der Waals surface area contributed by atoms with Crippen molar-refractivity contribution < 1.29 is 0 Å². The molecule has 0 bridgehead atoms. The highest BCUT2D eigenvalue weighted by atomic mass is 35.5. The lowest BCUT2D eigenvalue weighted by atomic mass is 10.1. The van der Waals surface area contributed by atoms with Gasteiger partial charge in [0.1, 0.15) is 10.6 Å². The number of hydrogen-bond acceptors (Lipinski definition) is 2. The first kappa shape index (κ1) is 12.8. The summed E-state index contributed by atoms with van der Waals surface area (Å²) < 4.78 is 0.186. The van der Waals surface area contributed by atoms with Crippen LogP contribution in [0.15, 0.2) is 40.5 Å². The Balaban J connectivity index is 3.15. The van der Waals surface area contributed by atoms with Gasteiger partial charge in [0.05, 0.1) is 11.3 Å². The Hall–Kier alpha value is -1.30. The van der Waals surface area contributed by atoms with E-state index in [-0.39, 0.29) is 4.49 Å². The smallest absolute Gasteiger partial charge is 0.110 e. The van der Waals surface area contributed by atoms with E-state index in [9.17, 15) is 0 Å². The molecule has 0 aliphatic heterocycles. The minimum atomic E-state index is 0.186. The maximum absolute atomic E-state index is 9.04. The molecule has 4 heteroatoms. The number of nitrogens with zero attached hydrogens (tertiary/aromatic N) is 2. The van der Waals surface area contributed by atoms with Crippen molar-refractivity contribution in [2.75, 3.05) is 0 Å². The quantitative estimate of drug-likeness (QED) is 0.600. The molecule has 0 fully saturated rings. The Bertz CT molecular complexity index is 452. The molecular formula is C12H10Cl2N2. The third kappa shape index (κ3) is 3.37. The molecule has 0 radical (unpaired) electrons. The predicted octanol–water partition coefficient (Wildman–Crippen LogP) is 4.09. The molecule has 0 N–H and O–H groups in total. The largest absolute Gasteiger partial charge is 0.256 e. The summed E-state index contributed by atoms with van der Waals surface area (Å²) in [6.45, 7) is 1.92. The highest BCUT2D eigenvalue weighted by molar-refractivity contribution is 6.56. The maximum Gasteiger partial charge on any atom is 0.110 e. The van der Waals surface area contributed by atoms with Crippen molar-refractivity contribution in [3.05, 3.63) is 46.2 Å². The van der Waals surface area contributed by atoms with Gasteiger partial charge in [-0.15, -0.1) is 0 Å². The second kappa shape index (κ2) is 6.32. The first-order valence-corrected chi connectivity index (χ1v) is 5.52. The molecule has 82 valence electrons. The average Bonchev–Trinajstić information content (AvgIpc) is 2.31. The summed E-state index contributed by atoms with van der Waals surface area (Å²) in [5, 5.41) is 9.04. The molecule has 16 heavy (non-hydrogen) atoms. The Morgan fingerprint density at radius 3 is 2.69 bits per heavy atom. The first-order chi connectivity index (χ1) is 7.69. The normalized spacial score (nSPS) is 10.8. The summed E-state index contributed by atoms with van der Waals surface area (Å²) in [6, 6.07) is 7.47. The molecule has 2 nitrogen and oxygen atoms in total. The van der Waals surface area contributed by atoms with Crippen molar-refractivity contribution in [3.8, 4) is 6.07 Å². The minimum Gasteiger partial charge on any atom is -0.256 e. The third-order valence-electron chi connectivity index (χ3n) is 2.00. The van der Waals surface area contributed by atoms with Crippen molar-refractivity contribution in [1.29, 1.82) is 5.26 Å². The molecule has 0 amide bonds. The van der Waals surface area contributed by atoms with Gasteiger partial charge in [-0.3, -0.25) is 4.98 Å². The number of halogens is 2. The van der Waals surface area contributed by atoms with Gasteiger partial charge in [0, 0.05) is 6.20 Å². The van der Waals surface area contributed by atoms with E-state index in [4.69, 9.17) is 28.5 Å². The summed E-state index contributed by atoms with van der Waals surface area (Å²) in [5.41, 5.74) is 1.80. The van der Waals surface area contributed by atoms with Crippen molar-refractivity contribution in [1.82, 2.24) is 4.98 Å². The summed E-state index contributed by atoms with van der Waals surface area (Å²) in [5.74, 6) is 0. The number of hydrogen-bond donors (Lipinski definition) is 0. The standard InChI is InChI=1S/C12H10Cl2N2/c1-2-9(12(13)14)7-10(8-15)11-5-3-4-6-16-11/h3-7H,2H2,1H3/b10-7-. The molecule has 0 atom stereocenters. The van der Waals surface area contributed by atoms with E-state index in [2.05, 4.69) is 11.1 Å². The van der Waals surface area contributed by atoms with Gasteiger partial charge in [-0.25, -0.2) is 0 Å². The van der Waals surface area contributed by atoms with Gasteiger partial charge in [0.25, 0.3) is 0 Å². The highest BCUT2D eigenvalue weighted by Gasteiger charge is 2.04. The van der Waals surface area contributed by atoms with E-state index in [1.165, 1.54) is 0 Å². The molecule has 0 aliphatic rings. The number of nitriles is 1. The SMILES string of the molecule is CCC(/C=C(/C#N)c1ccccn1)=C(Cl)Cl. The highest BCUT2D eigenvalue weighted by Crippen LogP contribution is 2.22. The second-order valence-corrected chi connectivity index (χ2v) is 3.97. The van der Waals surface area contributed by atoms with Crippen molar-refractivity contribution >= 4 is 28.8 Å². The minimum absolute atomic E-state index is 0.186. The van der Waals surface area contributed by atoms with E-state index in [1.54, 1.807) is 24.4 Å². The van der Waals surface area contributed by atoms with Crippen LogP contribution in [0, 0.1) is 11.3 Å². The Labute approximate surface area is 105 Å². The number of rotatable bonds is 3. The van der Waals surface area contributed by atoms with Crippen LogP contribution in [-0.2, 0) is 0 Å². The summed E-state index contributed by atoms with van der Waals surface area (Å²) in [4.78, 5) is 4.10. The number of aromatic nitrogens is 1. The molecule has 1 aromatic heterocycles. The van der Waals surface area contributed by atoms with Crippen LogP contribution in [0.5, 0.6) is 0 Å². The van der Waals surface area contributed by atoms with E-state index in [0.29, 0.717) is 17.7 Å². The zero-order valence-corrected chi connectivity index (χ0v) is 10.3. The summed E-state index contributed by atoms with van der Waals surface area (Å²) >= 11 is 11.4. The van der Waals surface area contributed by atoms with Crippen LogP contribution < -0.4 is 0 Å². The van der Waals surface area contributed by atoms with Gasteiger partial charge in [-0.05, 0) is 30.2 Å². The zero-order chi connectivity index (χ0) is 12.0.